The number of rotatable bonds is 8. The number of carbonyl (C=O) groups excluding carboxylic acids is 2. The molecule has 2 aliphatic rings. The van der Waals surface area contributed by atoms with Gasteiger partial charge in [-0.2, -0.15) is 0 Å². The molecule has 0 spiro atoms. The number of ether oxygens (including phenoxy) is 2. The standard InChI is InChI=1S/C33H56N4O5/c1-23(2)34-33(40)35-28-15-16-30-29(18-28)32(39)37(25(4)22-38)19-24(3)31(41-17-11-10-12-26(5)42-30)21-36(6)20-27-13-8-7-9-14-27/h15-16,18,23-27,31,38H,7-14,17,19-22H2,1-6H3,(H2,34,35,40)/t24-,25+,26+,31+/m1/s1. The number of hydrogen-bond acceptors (Lipinski definition) is 6. The molecule has 42 heavy (non-hydrogen) atoms. The molecule has 1 aromatic rings. The highest BCUT2D eigenvalue weighted by Gasteiger charge is 2.31. The van der Waals surface area contributed by atoms with Crippen molar-refractivity contribution in [1.29, 1.82) is 0 Å². The Balaban J connectivity index is 1.87. The van der Waals surface area contributed by atoms with Gasteiger partial charge in [-0.1, -0.05) is 26.2 Å². The molecule has 1 aromatic carbocycles. The van der Waals surface area contributed by atoms with Crippen molar-refractivity contribution < 1.29 is 24.2 Å². The molecule has 3 amide bonds. The number of aliphatic hydroxyl groups excluding tert-OH is 1. The van der Waals surface area contributed by atoms with Crippen molar-refractivity contribution in [2.45, 2.75) is 110 Å². The van der Waals surface area contributed by atoms with E-state index in [0.29, 0.717) is 30.2 Å². The number of likely N-dealkylation sites (N-methyl/N-ethyl adjacent to an activating group) is 1. The Morgan fingerprint density at radius 3 is 2.48 bits per heavy atom. The SMILES string of the molecule is CC(C)NC(=O)Nc1ccc2c(c1)C(=O)N([C@@H](C)CO)C[C@@H](C)[C@H](CN(C)CC1CCCCC1)OCCCC[C@H](C)O2. The van der Waals surface area contributed by atoms with Crippen molar-refractivity contribution in [1.82, 2.24) is 15.1 Å². The quantitative estimate of drug-likeness (QED) is 0.369. The summed E-state index contributed by atoms with van der Waals surface area (Å²) in [7, 11) is 2.19. The van der Waals surface area contributed by atoms with Crippen LogP contribution in [-0.2, 0) is 4.74 Å². The van der Waals surface area contributed by atoms with Crippen LogP contribution in [0.1, 0.15) is 96.3 Å². The average molecular weight is 589 g/mol. The zero-order valence-electron chi connectivity index (χ0n) is 26.9. The van der Waals surface area contributed by atoms with E-state index in [1.807, 2.05) is 27.7 Å². The number of anilines is 1. The van der Waals surface area contributed by atoms with Crippen LogP contribution in [0.4, 0.5) is 10.5 Å². The molecular weight excluding hydrogens is 532 g/mol. The van der Waals surface area contributed by atoms with E-state index in [2.05, 4.69) is 29.5 Å². The summed E-state index contributed by atoms with van der Waals surface area (Å²) in [6, 6.07) is 4.45. The molecule has 1 saturated carbocycles. The van der Waals surface area contributed by atoms with Gasteiger partial charge in [0.05, 0.1) is 30.4 Å². The van der Waals surface area contributed by atoms with Crippen LogP contribution >= 0.6 is 0 Å². The maximum atomic E-state index is 14.2. The third-order valence-corrected chi connectivity index (χ3v) is 8.52. The van der Waals surface area contributed by atoms with Gasteiger partial charge < -0.3 is 35.0 Å². The van der Waals surface area contributed by atoms with Crippen molar-refractivity contribution in [2.24, 2.45) is 11.8 Å². The van der Waals surface area contributed by atoms with E-state index in [9.17, 15) is 14.7 Å². The summed E-state index contributed by atoms with van der Waals surface area (Å²) in [5.74, 6) is 1.04. The molecule has 0 unspecified atom stereocenters. The fourth-order valence-electron chi connectivity index (χ4n) is 6.08. The van der Waals surface area contributed by atoms with Gasteiger partial charge in [-0.25, -0.2) is 4.79 Å². The van der Waals surface area contributed by atoms with Crippen LogP contribution in [0.25, 0.3) is 0 Å². The third kappa shape index (κ3) is 10.7. The monoisotopic (exact) mass is 588 g/mol. The molecule has 0 bridgehead atoms. The first-order valence-electron chi connectivity index (χ1n) is 16.2. The molecule has 1 fully saturated rings. The topological polar surface area (TPSA) is 103 Å². The van der Waals surface area contributed by atoms with E-state index in [0.717, 1.165) is 38.3 Å². The van der Waals surface area contributed by atoms with Crippen molar-refractivity contribution >= 4 is 17.6 Å². The van der Waals surface area contributed by atoms with Crippen molar-refractivity contribution in [3.8, 4) is 5.75 Å². The molecule has 9 nitrogen and oxygen atoms in total. The molecule has 3 N–H and O–H groups in total. The summed E-state index contributed by atoms with van der Waals surface area (Å²) in [4.78, 5) is 30.8. The number of carbonyl (C=O) groups is 2. The normalized spacial score (nSPS) is 24.1. The summed E-state index contributed by atoms with van der Waals surface area (Å²) in [6.07, 6.45) is 9.23. The lowest BCUT2D eigenvalue weighted by Gasteiger charge is -2.36. The second kappa shape index (κ2) is 17.1. The molecule has 238 valence electrons. The van der Waals surface area contributed by atoms with Gasteiger partial charge in [0.2, 0.25) is 0 Å². The van der Waals surface area contributed by atoms with Crippen LogP contribution in [0.15, 0.2) is 18.2 Å². The number of fused-ring (bicyclic) bond motifs is 1. The third-order valence-electron chi connectivity index (χ3n) is 8.52. The number of urea groups is 1. The minimum Gasteiger partial charge on any atom is -0.490 e. The largest absolute Gasteiger partial charge is 0.490 e. The molecule has 1 aliphatic carbocycles. The van der Waals surface area contributed by atoms with E-state index in [-0.39, 0.29) is 42.7 Å². The Kier molecular flexibility index (Phi) is 13.9. The van der Waals surface area contributed by atoms with Crippen LogP contribution in [0.3, 0.4) is 0 Å². The minimum atomic E-state index is -0.403. The molecule has 1 heterocycles. The maximum absolute atomic E-state index is 14.2. The molecule has 4 atom stereocenters. The predicted molar refractivity (Wildman–Crippen MR) is 168 cm³/mol. The number of nitrogens with zero attached hydrogens (tertiary/aromatic N) is 2. The zero-order chi connectivity index (χ0) is 30.6. The van der Waals surface area contributed by atoms with E-state index in [4.69, 9.17) is 9.47 Å². The lowest BCUT2D eigenvalue weighted by atomic mass is 9.89. The van der Waals surface area contributed by atoms with E-state index >= 15 is 0 Å². The molecule has 9 heteroatoms. The second-order valence-electron chi connectivity index (χ2n) is 13.0. The molecule has 3 rings (SSSR count). The molecule has 0 aromatic heterocycles. The fourth-order valence-corrected chi connectivity index (χ4v) is 6.08. The van der Waals surface area contributed by atoms with Crippen LogP contribution < -0.4 is 15.4 Å². The summed E-state index contributed by atoms with van der Waals surface area (Å²) in [5, 5.41) is 15.8. The number of benzene rings is 1. The van der Waals surface area contributed by atoms with Gasteiger partial charge in [-0.15, -0.1) is 0 Å². The number of hydrogen-bond donors (Lipinski definition) is 3. The van der Waals surface area contributed by atoms with Gasteiger partial charge in [0, 0.05) is 43.9 Å². The smallest absolute Gasteiger partial charge is 0.319 e. The lowest BCUT2D eigenvalue weighted by molar-refractivity contribution is -0.0190. The van der Waals surface area contributed by atoms with Crippen molar-refractivity contribution in [2.75, 3.05) is 45.2 Å². The molecule has 0 saturated heterocycles. The average Bonchev–Trinajstić information content (AvgIpc) is 2.94. The van der Waals surface area contributed by atoms with Gasteiger partial charge >= 0.3 is 6.03 Å². The Bertz CT molecular complexity index is 983. The lowest BCUT2D eigenvalue weighted by Crippen LogP contribution is -2.47. The number of nitrogens with one attached hydrogen (secondary N) is 2. The van der Waals surface area contributed by atoms with E-state index in [1.165, 1.54) is 32.1 Å². The molecular formula is C33H56N4O5. The van der Waals surface area contributed by atoms with E-state index in [1.54, 1.807) is 23.1 Å². The summed E-state index contributed by atoms with van der Waals surface area (Å²) < 4.78 is 12.8. The van der Waals surface area contributed by atoms with Gasteiger partial charge in [-0.05, 0) is 91.0 Å². The predicted octanol–water partition coefficient (Wildman–Crippen LogP) is 5.52. The Morgan fingerprint density at radius 1 is 1.07 bits per heavy atom. The zero-order valence-corrected chi connectivity index (χ0v) is 26.9. The fraction of sp³-hybridized carbons (Fsp3) is 0.758. The van der Waals surface area contributed by atoms with Gasteiger partial charge in [-0.3, -0.25) is 4.79 Å². The maximum Gasteiger partial charge on any atom is 0.319 e. The summed E-state index contributed by atoms with van der Waals surface area (Å²) in [6.45, 7) is 12.6. The van der Waals surface area contributed by atoms with Gasteiger partial charge in [0.25, 0.3) is 5.91 Å². The van der Waals surface area contributed by atoms with Crippen LogP contribution in [0, 0.1) is 11.8 Å². The molecule has 0 radical (unpaired) electrons. The Labute approximate surface area is 253 Å². The van der Waals surface area contributed by atoms with Crippen LogP contribution in [0.5, 0.6) is 5.75 Å². The van der Waals surface area contributed by atoms with Crippen LogP contribution in [0.2, 0.25) is 0 Å². The van der Waals surface area contributed by atoms with Crippen molar-refractivity contribution in [3.63, 3.8) is 0 Å². The highest BCUT2D eigenvalue weighted by atomic mass is 16.5. The number of amides is 3. The van der Waals surface area contributed by atoms with Gasteiger partial charge in [0.15, 0.2) is 0 Å². The minimum absolute atomic E-state index is 0.0209. The first-order chi connectivity index (χ1) is 20.1. The summed E-state index contributed by atoms with van der Waals surface area (Å²) >= 11 is 0. The van der Waals surface area contributed by atoms with Crippen molar-refractivity contribution in [3.05, 3.63) is 23.8 Å². The van der Waals surface area contributed by atoms with Gasteiger partial charge in [0.1, 0.15) is 5.75 Å². The van der Waals surface area contributed by atoms with Crippen LogP contribution in [-0.4, -0.2) is 91.0 Å². The first kappa shape index (κ1) is 34.1. The Hall–Kier alpha value is -2.36. The number of aliphatic hydroxyl groups is 1. The molecule has 1 aliphatic heterocycles. The highest BCUT2D eigenvalue weighted by molar-refractivity contribution is 5.99. The first-order valence-corrected chi connectivity index (χ1v) is 16.2. The Morgan fingerprint density at radius 2 is 1.79 bits per heavy atom. The summed E-state index contributed by atoms with van der Waals surface area (Å²) in [5.41, 5.74) is 0.883. The van der Waals surface area contributed by atoms with E-state index < -0.39 is 6.04 Å². The second-order valence-corrected chi connectivity index (χ2v) is 13.0. The highest BCUT2D eigenvalue weighted by Crippen LogP contribution is 2.29.